The highest BCUT2D eigenvalue weighted by Crippen LogP contribution is 2.26. The number of aromatic nitrogens is 4. The number of thioether (sulfide) groups is 1. The number of nitrogens with zero attached hydrogens (tertiary/aromatic N) is 4. The lowest BCUT2D eigenvalue weighted by Crippen LogP contribution is -2.22. The number of hydrogen-bond acceptors (Lipinski definition) is 6. The maximum Gasteiger partial charge on any atom is 0.267 e. The number of rotatable bonds is 5. The summed E-state index contributed by atoms with van der Waals surface area (Å²) in [5, 5.41) is 1.12. The lowest BCUT2D eigenvalue weighted by molar-refractivity contribution is 0.573. The number of oxazole rings is 1. The van der Waals surface area contributed by atoms with Gasteiger partial charge in [-0.15, -0.1) is 0 Å². The van der Waals surface area contributed by atoms with E-state index < -0.39 is 0 Å². The van der Waals surface area contributed by atoms with E-state index in [0.717, 1.165) is 17.0 Å². The average molecular weight is 441 g/mol. The second kappa shape index (κ2) is 8.43. The molecule has 7 heteroatoms. The van der Waals surface area contributed by atoms with Gasteiger partial charge >= 0.3 is 0 Å². The fourth-order valence-electron chi connectivity index (χ4n) is 3.40. The fraction of sp³-hybridized carbons (Fsp3) is 0.120. The van der Waals surface area contributed by atoms with Crippen LogP contribution in [0.3, 0.4) is 0 Å². The number of benzene rings is 2. The molecule has 5 aromatic rings. The Hall–Kier alpha value is -3.71. The highest BCUT2D eigenvalue weighted by atomic mass is 32.2. The fourth-order valence-corrected chi connectivity index (χ4v) is 4.28. The van der Waals surface area contributed by atoms with Crippen LogP contribution in [0.1, 0.15) is 17.0 Å². The summed E-state index contributed by atoms with van der Waals surface area (Å²) < 4.78 is 7.25. The molecule has 0 bridgehead atoms. The van der Waals surface area contributed by atoms with Crippen LogP contribution in [-0.4, -0.2) is 19.5 Å². The van der Waals surface area contributed by atoms with E-state index in [1.165, 1.54) is 17.3 Å². The van der Waals surface area contributed by atoms with E-state index >= 15 is 0 Å². The van der Waals surface area contributed by atoms with Gasteiger partial charge in [0.2, 0.25) is 5.89 Å². The summed E-state index contributed by atoms with van der Waals surface area (Å²) in [4.78, 5) is 27.2. The Labute approximate surface area is 189 Å². The Morgan fingerprint density at radius 1 is 0.906 bits per heavy atom. The van der Waals surface area contributed by atoms with Crippen molar-refractivity contribution in [3.63, 3.8) is 0 Å². The topological polar surface area (TPSA) is 73.8 Å². The molecular weight excluding hydrogens is 420 g/mol. The van der Waals surface area contributed by atoms with E-state index in [-0.39, 0.29) is 5.56 Å². The SMILES string of the molecule is Cc1ccc(-c2nc(CSc3nc4ccccc4c(=O)n3-c3cccc(C)n3)co2)cc1. The van der Waals surface area contributed by atoms with E-state index in [4.69, 9.17) is 9.40 Å². The van der Waals surface area contributed by atoms with E-state index in [9.17, 15) is 4.79 Å². The zero-order valence-electron chi connectivity index (χ0n) is 17.6. The molecule has 2 aromatic carbocycles. The second-order valence-electron chi connectivity index (χ2n) is 7.49. The monoisotopic (exact) mass is 440 g/mol. The summed E-state index contributed by atoms with van der Waals surface area (Å²) in [6.45, 7) is 3.94. The van der Waals surface area contributed by atoms with E-state index in [1.54, 1.807) is 16.9 Å². The van der Waals surface area contributed by atoms with Crippen molar-refractivity contribution in [1.29, 1.82) is 0 Å². The summed E-state index contributed by atoms with van der Waals surface area (Å²) in [7, 11) is 0. The van der Waals surface area contributed by atoms with Gasteiger partial charge in [-0.3, -0.25) is 4.79 Å². The van der Waals surface area contributed by atoms with Gasteiger partial charge in [-0.1, -0.05) is 47.7 Å². The largest absolute Gasteiger partial charge is 0.444 e. The minimum Gasteiger partial charge on any atom is -0.444 e. The summed E-state index contributed by atoms with van der Waals surface area (Å²) in [6, 6.07) is 21.0. The summed E-state index contributed by atoms with van der Waals surface area (Å²) in [5.41, 5.74) is 4.23. The molecule has 0 aliphatic carbocycles. The van der Waals surface area contributed by atoms with Gasteiger partial charge < -0.3 is 4.42 Å². The third-order valence-electron chi connectivity index (χ3n) is 5.05. The van der Waals surface area contributed by atoms with Crippen molar-refractivity contribution in [3.8, 4) is 17.3 Å². The Bertz CT molecular complexity index is 1470. The summed E-state index contributed by atoms with van der Waals surface area (Å²) in [6.07, 6.45) is 1.65. The van der Waals surface area contributed by atoms with Crippen LogP contribution in [0.4, 0.5) is 0 Å². The van der Waals surface area contributed by atoms with Gasteiger partial charge in [0.25, 0.3) is 5.56 Å². The Balaban J connectivity index is 1.51. The van der Waals surface area contributed by atoms with Gasteiger partial charge in [-0.25, -0.2) is 19.5 Å². The molecule has 3 aromatic heterocycles. The molecule has 0 saturated heterocycles. The first kappa shape index (κ1) is 20.2. The molecule has 3 heterocycles. The maximum atomic E-state index is 13.3. The quantitative estimate of drug-likeness (QED) is 0.271. The predicted octanol–water partition coefficient (Wildman–Crippen LogP) is 5.34. The Morgan fingerprint density at radius 2 is 1.72 bits per heavy atom. The first-order valence-corrected chi connectivity index (χ1v) is 11.2. The molecule has 0 atom stereocenters. The van der Waals surface area contributed by atoms with Crippen LogP contribution < -0.4 is 5.56 Å². The first-order valence-electron chi connectivity index (χ1n) is 10.2. The van der Waals surface area contributed by atoms with Crippen LogP contribution in [0, 0.1) is 13.8 Å². The Kier molecular flexibility index (Phi) is 5.33. The minimum absolute atomic E-state index is 0.142. The predicted molar refractivity (Wildman–Crippen MR) is 126 cm³/mol. The Morgan fingerprint density at radius 3 is 2.53 bits per heavy atom. The van der Waals surface area contributed by atoms with Crippen LogP contribution in [0.2, 0.25) is 0 Å². The van der Waals surface area contributed by atoms with Gasteiger partial charge in [-0.2, -0.15) is 0 Å². The van der Waals surface area contributed by atoms with Crippen molar-refractivity contribution in [2.75, 3.05) is 0 Å². The van der Waals surface area contributed by atoms with E-state index in [2.05, 4.69) is 9.97 Å². The van der Waals surface area contributed by atoms with Crippen molar-refractivity contribution in [2.24, 2.45) is 0 Å². The van der Waals surface area contributed by atoms with Crippen molar-refractivity contribution in [3.05, 3.63) is 100 Å². The number of hydrogen-bond donors (Lipinski definition) is 0. The average Bonchev–Trinajstić information content (AvgIpc) is 3.27. The van der Waals surface area contributed by atoms with Crippen LogP contribution in [0.15, 0.2) is 87.4 Å². The molecule has 0 radical (unpaired) electrons. The minimum atomic E-state index is -0.142. The smallest absolute Gasteiger partial charge is 0.267 e. The van der Waals surface area contributed by atoms with Crippen LogP contribution >= 0.6 is 11.8 Å². The normalized spacial score (nSPS) is 11.2. The molecule has 0 amide bonds. The highest BCUT2D eigenvalue weighted by Gasteiger charge is 2.15. The molecule has 0 spiro atoms. The van der Waals surface area contributed by atoms with E-state index in [0.29, 0.717) is 33.5 Å². The van der Waals surface area contributed by atoms with Crippen LogP contribution in [0.5, 0.6) is 0 Å². The lowest BCUT2D eigenvalue weighted by atomic mass is 10.1. The van der Waals surface area contributed by atoms with Gasteiger partial charge in [0, 0.05) is 17.0 Å². The maximum absolute atomic E-state index is 13.3. The number of fused-ring (bicyclic) bond motifs is 1. The molecule has 5 rings (SSSR count). The zero-order valence-corrected chi connectivity index (χ0v) is 18.5. The van der Waals surface area contributed by atoms with Crippen LogP contribution in [-0.2, 0) is 5.75 Å². The molecule has 0 aliphatic rings. The first-order chi connectivity index (χ1) is 15.6. The standard InChI is InChI=1S/C25H20N4O2S/c1-16-10-12-18(13-11-16)23-27-19(14-31-23)15-32-25-28-21-8-4-3-7-20(21)24(30)29(25)22-9-5-6-17(2)26-22/h3-14H,15H2,1-2H3. The molecule has 0 saturated carbocycles. The van der Waals surface area contributed by atoms with Gasteiger partial charge in [0.15, 0.2) is 5.16 Å². The van der Waals surface area contributed by atoms with Gasteiger partial charge in [0.1, 0.15) is 12.1 Å². The molecule has 158 valence electrons. The second-order valence-corrected chi connectivity index (χ2v) is 8.43. The van der Waals surface area contributed by atoms with Crippen molar-refractivity contribution in [2.45, 2.75) is 24.8 Å². The zero-order chi connectivity index (χ0) is 22.1. The molecule has 0 fully saturated rings. The summed E-state index contributed by atoms with van der Waals surface area (Å²) >= 11 is 1.43. The summed E-state index contributed by atoms with van der Waals surface area (Å²) in [5.74, 6) is 1.63. The molecule has 6 nitrogen and oxygen atoms in total. The lowest BCUT2D eigenvalue weighted by Gasteiger charge is -2.12. The van der Waals surface area contributed by atoms with Crippen molar-refractivity contribution >= 4 is 22.7 Å². The number of aryl methyl sites for hydroxylation is 2. The number of para-hydroxylation sites is 1. The highest BCUT2D eigenvalue weighted by molar-refractivity contribution is 7.98. The van der Waals surface area contributed by atoms with Crippen molar-refractivity contribution < 1.29 is 4.42 Å². The molecule has 32 heavy (non-hydrogen) atoms. The van der Waals surface area contributed by atoms with E-state index in [1.807, 2.05) is 74.5 Å². The molecular formula is C25H20N4O2S. The van der Waals surface area contributed by atoms with Crippen molar-refractivity contribution in [1.82, 2.24) is 19.5 Å². The third-order valence-corrected chi connectivity index (χ3v) is 6.02. The number of pyridine rings is 1. The third kappa shape index (κ3) is 3.94. The van der Waals surface area contributed by atoms with Gasteiger partial charge in [-0.05, 0) is 50.2 Å². The van der Waals surface area contributed by atoms with Gasteiger partial charge in [0.05, 0.1) is 16.6 Å². The molecule has 0 aliphatic heterocycles. The molecule has 0 unspecified atom stereocenters. The van der Waals surface area contributed by atoms with Crippen LogP contribution in [0.25, 0.3) is 28.2 Å². The molecule has 0 N–H and O–H groups in total.